The van der Waals surface area contributed by atoms with Crippen LogP contribution in [0, 0.1) is 79.9 Å². The summed E-state index contributed by atoms with van der Waals surface area (Å²) in [5, 5.41) is 0. The minimum Gasteiger partial charge on any atom is -0.822 e. The number of hydrogen-bond donors (Lipinski definition) is 0. The van der Waals surface area contributed by atoms with Crippen molar-refractivity contribution in [2.24, 2.45) is 0 Å². The molecule has 0 bridgehead atoms. The largest absolute Gasteiger partial charge is 3.00 e. The smallest absolute Gasteiger partial charge is 0.822 e. The normalized spacial score (nSPS) is 9.83. The van der Waals surface area contributed by atoms with Gasteiger partial charge in [-0.05, 0) is 0 Å². The first-order valence-corrected chi connectivity index (χ1v) is 4.38. The van der Waals surface area contributed by atoms with Crippen LogP contribution in [0.2, 0.25) is 0 Å². The molecule has 0 aromatic heterocycles. The molecule has 0 aliphatic carbocycles. The van der Waals surface area contributed by atoms with Gasteiger partial charge in [0.25, 0.3) is 0 Å². The van der Waals surface area contributed by atoms with Crippen molar-refractivity contribution in [3.8, 4) is 0 Å². The molecule has 0 saturated heterocycles. The van der Waals surface area contributed by atoms with Gasteiger partial charge >= 0.3 is 79.9 Å². The van der Waals surface area contributed by atoms with Gasteiger partial charge in [0.1, 0.15) is 0 Å². The Balaban J connectivity index is -0.0000000457. The third-order valence-electron chi connectivity index (χ3n) is 0. The van der Waals surface area contributed by atoms with E-state index in [0.29, 0.717) is 0 Å². The molecule has 0 aliphatic heterocycles. The van der Waals surface area contributed by atoms with Crippen LogP contribution in [0.4, 0.5) is 0 Å². The fourth-order valence-corrected chi connectivity index (χ4v) is 0. The van der Waals surface area contributed by atoms with E-state index in [1.54, 1.807) is 0 Å². The van der Waals surface area contributed by atoms with Crippen LogP contribution in [0.3, 0.4) is 0 Å². The molecule has 0 atom stereocenters. The Morgan fingerprint density at radius 2 is 0.583 bits per heavy atom. The first-order valence-electron chi connectivity index (χ1n) is 1.46. The zero-order valence-electron chi connectivity index (χ0n) is 4.87. The van der Waals surface area contributed by atoms with Gasteiger partial charge in [-0.2, -0.15) is 15.6 Å². The molecule has 0 fully saturated rings. The summed E-state index contributed by atoms with van der Waals surface area (Å²) >= 11 is 0. The van der Waals surface area contributed by atoms with Crippen molar-refractivity contribution >= 4 is 15.6 Å². The van der Waals surface area contributed by atoms with Gasteiger partial charge in [-0.15, -0.1) is 0 Å². The number of phosphoric acid groups is 2. The quantitative estimate of drug-likeness (QED) is 0.294. The van der Waals surface area contributed by atoms with Crippen molar-refractivity contribution in [1.82, 2.24) is 0 Å². The molecule has 0 N–H and O–H groups in total. The van der Waals surface area contributed by atoms with Crippen LogP contribution in [0.25, 0.3) is 0 Å². The van der Waals surface area contributed by atoms with E-state index in [0.717, 1.165) is 0 Å². The molecule has 0 rings (SSSR count). The molecule has 0 spiro atoms. The van der Waals surface area contributed by atoms with E-state index < -0.39 is 15.6 Å². The van der Waals surface area contributed by atoms with Crippen LogP contribution >= 0.6 is 15.6 Å². The SMILES string of the molecule is O=P([O-])([O-])[O-].O=P([O-])([O-])[O-].[Gd+3].[Gd+3]. The van der Waals surface area contributed by atoms with Crippen molar-refractivity contribution < 1.29 is 118 Å². The molecule has 0 aromatic rings. The summed E-state index contributed by atoms with van der Waals surface area (Å²) in [6.45, 7) is 0. The van der Waals surface area contributed by atoms with Crippen molar-refractivity contribution in [3.05, 3.63) is 0 Å². The Morgan fingerprint density at radius 1 is 0.583 bits per heavy atom. The van der Waals surface area contributed by atoms with Gasteiger partial charge < -0.3 is 38.5 Å². The first-order chi connectivity index (χ1) is 4.00. The van der Waals surface area contributed by atoms with Crippen LogP contribution in [0.15, 0.2) is 0 Å². The standard InChI is InChI=1S/2Gd.2H3O4P/c;;2*1-5(2,3)4/h;;2*(H3,1,2,3,4)/q2*+3;;/p-6. The topological polar surface area (TPSA) is 172 Å². The van der Waals surface area contributed by atoms with Crippen molar-refractivity contribution in [3.63, 3.8) is 0 Å². The van der Waals surface area contributed by atoms with Crippen molar-refractivity contribution in [1.29, 1.82) is 0 Å². The zero-order valence-corrected chi connectivity index (χ0v) is 11.2. The van der Waals surface area contributed by atoms with Crippen molar-refractivity contribution in [2.75, 3.05) is 0 Å². The predicted molar refractivity (Wildman–Crippen MR) is 15.2 cm³/mol. The van der Waals surface area contributed by atoms with Gasteiger partial charge in [0.05, 0.1) is 0 Å². The molecule has 0 amide bonds. The summed E-state index contributed by atoms with van der Waals surface area (Å²) in [6, 6.07) is 0. The third kappa shape index (κ3) is 220. The van der Waals surface area contributed by atoms with Gasteiger partial charge in [-0.1, -0.05) is 0 Å². The zero-order chi connectivity index (χ0) is 9.00. The molecular weight excluding hydrogens is 504 g/mol. The van der Waals surface area contributed by atoms with Crippen LogP contribution in [-0.2, 0) is 9.13 Å². The molecule has 0 unspecified atom stereocenters. The molecule has 12 heavy (non-hydrogen) atoms. The maximum Gasteiger partial charge on any atom is 3.00 e. The second-order valence-electron chi connectivity index (χ2n) is 0.894. The van der Waals surface area contributed by atoms with Gasteiger partial charge in [0, 0.05) is 0 Å². The summed E-state index contributed by atoms with van der Waals surface area (Å²) in [6.07, 6.45) is 0. The average molecular weight is 504 g/mol. The summed E-state index contributed by atoms with van der Waals surface area (Å²) in [5.74, 6) is 0. The van der Waals surface area contributed by atoms with E-state index in [4.69, 9.17) is 38.5 Å². The molecule has 0 saturated carbocycles. The molecule has 0 aliphatic rings. The summed E-state index contributed by atoms with van der Waals surface area (Å²) in [4.78, 5) is 51.3. The Hall–Kier alpha value is 2.87. The monoisotopic (exact) mass is 506 g/mol. The second-order valence-corrected chi connectivity index (χ2v) is 2.68. The van der Waals surface area contributed by atoms with Crippen LogP contribution in [-0.4, -0.2) is 0 Å². The van der Waals surface area contributed by atoms with Crippen LogP contribution < -0.4 is 29.4 Å². The van der Waals surface area contributed by atoms with E-state index in [9.17, 15) is 0 Å². The third-order valence-corrected chi connectivity index (χ3v) is 0. The van der Waals surface area contributed by atoms with E-state index in [1.807, 2.05) is 0 Å². The Morgan fingerprint density at radius 3 is 0.583 bits per heavy atom. The molecule has 0 heterocycles. The predicted octanol–water partition coefficient (Wildman–Crippen LogP) is -5.65. The second kappa shape index (κ2) is 10.4. The van der Waals surface area contributed by atoms with Gasteiger partial charge in [-0.3, -0.25) is 0 Å². The van der Waals surface area contributed by atoms with Gasteiger partial charge in [0.2, 0.25) is 0 Å². The molecule has 8 nitrogen and oxygen atoms in total. The van der Waals surface area contributed by atoms with E-state index in [2.05, 4.69) is 0 Å². The first kappa shape index (κ1) is 24.2. The summed E-state index contributed by atoms with van der Waals surface area (Å²) in [7, 11) is -10.8. The number of rotatable bonds is 0. The minimum atomic E-state index is -5.39. The van der Waals surface area contributed by atoms with E-state index >= 15 is 0 Å². The molecule has 0 aromatic carbocycles. The van der Waals surface area contributed by atoms with Crippen molar-refractivity contribution in [2.45, 2.75) is 0 Å². The van der Waals surface area contributed by atoms with Crippen LogP contribution in [0.5, 0.6) is 0 Å². The molecule has 12 heteroatoms. The average Bonchev–Trinajstić information content (AvgIpc) is 1.12. The minimum absolute atomic E-state index is 0. The van der Waals surface area contributed by atoms with E-state index in [-0.39, 0.29) is 79.9 Å². The summed E-state index contributed by atoms with van der Waals surface area (Å²) < 4.78 is 17.1. The summed E-state index contributed by atoms with van der Waals surface area (Å²) in [5.41, 5.74) is 0. The molecule has 2 radical (unpaired) electrons. The fraction of sp³-hybridized carbons (Fsp3) is 0. The Bertz CT molecular complexity index is 127. The fourth-order valence-electron chi connectivity index (χ4n) is 0. The maximum atomic E-state index is 8.55. The van der Waals surface area contributed by atoms with Gasteiger partial charge in [0.15, 0.2) is 0 Å². The van der Waals surface area contributed by atoms with E-state index in [1.165, 1.54) is 0 Å². The number of hydrogen-bond acceptors (Lipinski definition) is 8. The molecule has 74 valence electrons. The Labute approximate surface area is 132 Å². The van der Waals surface area contributed by atoms with Crippen LogP contribution in [0.1, 0.15) is 0 Å². The van der Waals surface area contributed by atoms with Gasteiger partial charge in [-0.25, -0.2) is 0 Å². The molecular formula is Gd2O8P2. The Kier molecular flexibility index (Phi) is 21.0. The maximum absolute atomic E-state index is 8.55.